The molecule has 0 aliphatic carbocycles. The van der Waals surface area contributed by atoms with Crippen LogP contribution in [0.5, 0.6) is 0 Å². The molecule has 0 fully saturated rings. The van der Waals surface area contributed by atoms with E-state index in [9.17, 15) is 9.59 Å². The normalized spacial score (nSPS) is 10.9. The first-order valence-electron chi connectivity index (χ1n) is 4.98. The van der Waals surface area contributed by atoms with E-state index in [2.05, 4.69) is 9.98 Å². The van der Waals surface area contributed by atoms with Gasteiger partial charge in [-0.1, -0.05) is 23.7 Å². The summed E-state index contributed by atoms with van der Waals surface area (Å²) < 4.78 is 0. The predicted molar refractivity (Wildman–Crippen MR) is 70.8 cm³/mol. The summed E-state index contributed by atoms with van der Waals surface area (Å²) in [6, 6.07) is 6.87. The van der Waals surface area contributed by atoms with Gasteiger partial charge in [0.25, 0.3) is 5.56 Å². The molecule has 92 valence electrons. The number of halogens is 1. The Morgan fingerprint density at radius 3 is 2.44 bits per heavy atom. The minimum Gasteiger partial charge on any atom is -0.383 e. The number of aromatic nitrogens is 2. The highest BCUT2D eigenvalue weighted by molar-refractivity contribution is 6.30. The molecule has 0 atom stereocenters. The van der Waals surface area contributed by atoms with Crippen LogP contribution in [0.25, 0.3) is 0 Å². The number of H-pyrrole nitrogens is 2. The van der Waals surface area contributed by atoms with Crippen LogP contribution >= 0.6 is 11.6 Å². The molecule has 0 saturated carbocycles. The molecule has 0 saturated heterocycles. The van der Waals surface area contributed by atoms with Crippen molar-refractivity contribution in [2.75, 3.05) is 5.73 Å². The molecule has 0 radical (unpaired) electrons. The third-order valence-corrected chi connectivity index (χ3v) is 2.41. The summed E-state index contributed by atoms with van der Waals surface area (Å²) in [6.07, 6.45) is 1.45. The Balaban J connectivity index is 2.38. The molecule has 6 nitrogen and oxygen atoms in total. The molecule has 0 aliphatic heterocycles. The van der Waals surface area contributed by atoms with Gasteiger partial charge in [0.2, 0.25) is 0 Å². The predicted octanol–water partition coefficient (Wildman–Crippen LogP) is 1.05. The number of nitrogen functional groups attached to an aromatic ring is 1. The fourth-order valence-electron chi connectivity index (χ4n) is 1.31. The number of anilines is 1. The summed E-state index contributed by atoms with van der Waals surface area (Å²) in [5.74, 6) is -0.0750. The molecular formula is C11H9ClN4O2. The van der Waals surface area contributed by atoms with Crippen molar-refractivity contribution in [3.05, 3.63) is 55.7 Å². The van der Waals surface area contributed by atoms with Crippen LogP contribution < -0.4 is 17.0 Å². The molecule has 18 heavy (non-hydrogen) atoms. The van der Waals surface area contributed by atoms with Gasteiger partial charge in [-0.05, 0) is 17.7 Å². The standard InChI is InChI=1S/C11H9ClN4O2/c12-7-3-1-6(2-4-7)5-14-8-9(13)15-11(18)16-10(8)17/h1-5H,(H4,13,15,16,17,18). The van der Waals surface area contributed by atoms with Crippen molar-refractivity contribution in [3.63, 3.8) is 0 Å². The molecule has 0 aliphatic rings. The molecule has 0 unspecified atom stereocenters. The first kappa shape index (κ1) is 12.1. The number of nitrogens with one attached hydrogen (secondary N) is 2. The van der Waals surface area contributed by atoms with Gasteiger partial charge in [0.15, 0.2) is 5.69 Å². The first-order chi connectivity index (χ1) is 8.56. The smallest absolute Gasteiger partial charge is 0.327 e. The summed E-state index contributed by atoms with van der Waals surface area (Å²) in [4.78, 5) is 30.6. The number of nitrogens with zero attached hydrogens (tertiary/aromatic N) is 1. The van der Waals surface area contributed by atoms with Gasteiger partial charge in [-0.3, -0.25) is 14.8 Å². The molecule has 1 heterocycles. The van der Waals surface area contributed by atoms with E-state index in [1.54, 1.807) is 24.3 Å². The van der Waals surface area contributed by atoms with Gasteiger partial charge in [0.1, 0.15) is 5.82 Å². The van der Waals surface area contributed by atoms with E-state index < -0.39 is 11.2 Å². The largest absolute Gasteiger partial charge is 0.383 e. The van der Waals surface area contributed by atoms with Crippen LogP contribution in [0.2, 0.25) is 5.02 Å². The third-order valence-electron chi connectivity index (χ3n) is 2.16. The highest BCUT2D eigenvalue weighted by Crippen LogP contribution is 2.12. The summed E-state index contributed by atoms with van der Waals surface area (Å²) in [5.41, 5.74) is 4.92. The zero-order valence-electron chi connectivity index (χ0n) is 9.11. The Bertz CT molecular complexity index is 700. The highest BCUT2D eigenvalue weighted by atomic mass is 35.5. The lowest BCUT2D eigenvalue weighted by Crippen LogP contribution is -2.23. The molecular weight excluding hydrogens is 256 g/mol. The lowest BCUT2D eigenvalue weighted by Gasteiger charge is -1.97. The Labute approximate surface area is 106 Å². The maximum atomic E-state index is 11.4. The molecule has 1 aromatic carbocycles. The van der Waals surface area contributed by atoms with E-state index in [0.29, 0.717) is 5.02 Å². The second-order valence-corrected chi connectivity index (χ2v) is 3.92. The van der Waals surface area contributed by atoms with Crippen LogP contribution in [-0.4, -0.2) is 16.2 Å². The second kappa shape index (κ2) is 4.89. The van der Waals surface area contributed by atoms with Gasteiger partial charge >= 0.3 is 5.69 Å². The van der Waals surface area contributed by atoms with E-state index in [1.165, 1.54) is 6.21 Å². The molecule has 2 aromatic rings. The average Bonchev–Trinajstić information content (AvgIpc) is 2.30. The van der Waals surface area contributed by atoms with Crippen molar-refractivity contribution >= 4 is 29.3 Å². The SMILES string of the molecule is Nc1[nH]c(=O)[nH]c(=O)c1N=Cc1ccc(Cl)cc1. The number of hydrogen-bond donors (Lipinski definition) is 3. The number of aromatic amines is 2. The Hall–Kier alpha value is -2.34. The van der Waals surface area contributed by atoms with Gasteiger partial charge in [-0.25, -0.2) is 9.79 Å². The van der Waals surface area contributed by atoms with Gasteiger partial charge in [0.05, 0.1) is 0 Å². The fourth-order valence-corrected chi connectivity index (χ4v) is 1.44. The summed E-state index contributed by atoms with van der Waals surface area (Å²) in [5, 5.41) is 0.605. The molecule has 2 rings (SSSR count). The number of aliphatic imine (C=N–C) groups is 1. The van der Waals surface area contributed by atoms with E-state index in [0.717, 1.165) is 5.56 Å². The topological polar surface area (TPSA) is 104 Å². The number of hydrogen-bond acceptors (Lipinski definition) is 4. The van der Waals surface area contributed by atoms with Crippen molar-refractivity contribution in [1.29, 1.82) is 0 Å². The lowest BCUT2D eigenvalue weighted by atomic mass is 10.2. The minimum absolute atomic E-state index is 0.0375. The Morgan fingerprint density at radius 1 is 1.17 bits per heavy atom. The Morgan fingerprint density at radius 2 is 1.83 bits per heavy atom. The van der Waals surface area contributed by atoms with Crippen molar-refractivity contribution in [2.24, 2.45) is 4.99 Å². The van der Waals surface area contributed by atoms with Crippen molar-refractivity contribution in [1.82, 2.24) is 9.97 Å². The zero-order chi connectivity index (χ0) is 13.1. The zero-order valence-corrected chi connectivity index (χ0v) is 9.86. The maximum Gasteiger partial charge on any atom is 0.327 e. The van der Waals surface area contributed by atoms with Crippen LogP contribution in [0.4, 0.5) is 11.5 Å². The van der Waals surface area contributed by atoms with Crippen LogP contribution in [0.3, 0.4) is 0 Å². The molecule has 7 heteroatoms. The van der Waals surface area contributed by atoms with Crippen LogP contribution in [0.15, 0.2) is 38.8 Å². The van der Waals surface area contributed by atoms with Crippen molar-refractivity contribution < 1.29 is 0 Å². The highest BCUT2D eigenvalue weighted by Gasteiger charge is 2.03. The van der Waals surface area contributed by atoms with Crippen molar-refractivity contribution in [3.8, 4) is 0 Å². The molecule has 0 bridgehead atoms. The summed E-state index contributed by atoms with van der Waals surface area (Å²) in [6.45, 7) is 0. The van der Waals surface area contributed by atoms with E-state index >= 15 is 0 Å². The van der Waals surface area contributed by atoms with Crippen LogP contribution in [0.1, 0.15) is 5.56 Å². The van der Waals surface area contributed by atoms with Crippen LogP contribution in [-0.2, 0) is 0 Å². The average molecular weight is 265 g/mol. The number of nitrogens with two attached hydrogens (primary N) is 1. The maximum absolute atomic E-state index is 11.4. The number of benzene rings is 1. The molecule has 4 N–H and O–H groups in total. The Kier molecular flexibility index (Phi) is 3.29. The van der Waals surface area contributed by atoms with Gasteiger partial charge in [0, 0.05) is 11.2 Å². The van der Waals surface area contributed by atoms with Gasteiger partial charge < -0.3 is 5.73 Å². The number of rotatable bonds is 2. The fraction of sp³-hybridized carbons (Fsp3) is 0. The van der Waals surface area contributed by atoms with Crippen molar-refractivity contribution in [2.45, 2.75) is 0 Å². The van der Waals surface area contributed by atoms with Gasteiger partial charge in [-0.2, -0.15) is 0 Å². The summed E-state index contributed by atoms with van der Waals surface area (Å²) >= 11 is 5.74. The molecule has 0 spiro atoms. The quantitative estimate of drug-likeness (QED) is 0.706. The minimum atomic E-state index is -0.664. The third kappa shape index (κ3) is 2.67. The van der Waals surface area contributed by atoms with E-state index in [1.807, 2.05) is 4.98 Å². The van der Waals surface area contributed by atoms with Gasteiger partial charge in [-0.15, -0.1) is 0 Å². The second-order valence-electron chi connectivity index (χ2n) is 3.48. The monoisotopic (exact) mass is 264 g/mol. The lowest BCUT2D eigenvalue weighted by molar-refractivity contribution is 1.04. The summed E-state index contributed by atoms with van der Waals surface area (Å²) in [7, 11) is 0. The first-order valence-corrected chi connectivity index (χ1v) is 5.36. The van der Waals surface area contributed by atoms with E-state index in [4.69, 9.17) is 17.3 Å². The van der Waals surface area contributed by atoms with Crippen LogP contribution in [0, 0.1) is 0 Å². The van der Waals surface area contributed by atoms with E-state index in [-0.39, 0.29) is 11.5 Å². The molecule has 0 amide bonds. The molecule has 1 aromatic heterocycles.